The van der Waals surface area contributed by atoms with E-state index in [-0.39, 0.29) is 0 Å². The largest absolute Gasteiger partial charge is 0.379 e. The van der Waals surface area contributed by atoms with Crippen LogP contribution < -0.4 is 0 Å². The quantitative estimate of drug-likeness (QED) is 0.875. The molecule has 0 aliphatic carbocycles. The first-order valence-corrected chi connectivity index (χ1v) is 7.78. The number of morpholine rings is 1. The van der Waals surface area contributed by atoms with Gasteiger partial charge in [-0.25, -0.2) is 4.98 Å². The van der Waals surface area contributed by atoms with Gasteiger partial charge in [0, 0.05) is 31.9 Å². The minimum atomic E-state index is 0.677. The predicted octanol–water partition coefficient (Wildman–Crippen LogP) is 2.11. The van der Waals surface area contributed by atoms with Crippen molar-refractivity contribution in [3.63, 3.8) is 0 Å². The SMILES string of the molecule is Cc1ccc2c(c1)nc(CS)n2CCN1CCOCC1. The van der Waals surface area contributed by atoms with Gasteiger partial charge in [-0.1, -0.05) is 6.07 Å². The fraction of sp³-hybridized carbons (Fsp3) is 0.533. The molecule has 0 N–H and O–H groups in total. The highest BCUT2D eigenvalue weighted by Gasteiger charge is 2.13. The standard InChI is InChI=1S/C15H21N3OS/c1-12-2-3-14-13(10-12)16-15(11-20)18(14)5-4-17-6-8-19-9-7-17/h2-3,10,20H,4-9,11H2,1H3. The van der Waals surface area contributed by atoms with E-state index in [2.05, 4.69) is 47.2 Å². The van der Waals surface area contributed by atoms with E-state index < -0.39 is 0 Å². The molecule has 0 bridgehead atoms. The van der Waals surface area contributed by atoms with E-state index in [0.717, 1.165) is 50.7 Å². The van der Waals surface area contributed by atoms with Gasteiger partial charge in [-0.05, 0) is 24.6 Å². The second-order valence-corrected chi connectivity index (χ2v) is 5.60. The molecule has 3 rings (SSSR count). The number of ether oxygens (including phenoxy) is 1. The topological polar surface area (TPSA) is 30.3 Å². The molecule has 1 aromatic heterocycles. The molecule has 1 aliphatic heterocycles. The average Bonchev–Trinajstić information content (AvgIpc) is 2.83. The summed E-state index contributed by atoms with van der Waals surface area (Å²) in [7, 11) is 0. The van der Waals surface area contributed by atoms with Gasteiger partial charge in [0.2, 0.25) is 0 Å². The van der Waals surface area contributed by atoms with Gasteiger partial charge < -0.3 is 9.30 Å². The molecule has 1 aliphatic rings. The van der Waals surface area contributed by atoms with Crippen LogP contribution in [0.3, 0.4) is 0 Å². The van der Waals surface area contributed by atoms with E-state index in [1.54, 1.807) is 0 Å². The number of nitrogens with zero attached hydrogens (tertiary/aromatic N) is 3. The van der Waals surface area contributed by atoms with Crippen molar-refractivity contribution < 1.29 is 4.74 Å². The minimum absolute atomic E-state index is 0.677. The van der Waals surface area contributed by atoms with E-state index in [4.69, 9.17) is 9.72 Å². The highest BCUT2D eigenvalue weighted by Crippen LogP contribution is 2.19. The van der Waals surface area contributed by atoms with E-state index in [9.17, 15) is 0 Å². The Kier molecular flexibility index (Phi) is 4.29. The Labute approximate surface area is 125 Å². The Morgan fingerprint density at radius 1 is 1.25 bits per heavy atom. The number of imidazole rings is 1. The number of hydrogen-bond donors (Lipinski definition) is 1. The van der Waals surface area contributed by atoms with Crippen LogP contribution >= 0.6 is 12.6 Å². The third-order valence-electron chi connectivity index (χ3n) is 3.87. The normalized spacial score (nSPS) is 16.9. The lowest BCUT2D eigenvalue weighted by Gasteiger charge is -2.26. The van der Waals surface area contributed by atoms with Crippen LogP contribution in [0.1, 0.15) is 11.4 Å². The summed E-state index contributed by atoms with van der Waals surface area (Å²) in [6, 6.07) is 6.47. The lowest BCUT2D eigenvalue weighted by Crippen LogP contribution is -2.38. The second kappa shape index (κ2) is 6.16. The number of fused-ring (bicyclic) bond motifs is 1. The van der Waals surface area contributed by atoms with E-state index in [0.29, 0.717) is 5.75 Å². The van der Waals surface area contributed by atoms with Gasteiger partial charge in [-0.2, -0.15) is 12.6 Å². The Balaban J connectivity index is 1.81. The van der Waals surface area contributed by atoms with Crippen molar-refractivity contribution in [3.8, 4) is 0 Å². The third-order valence-corrected chi connectivity index (χ3v) is 4.15. The smallest absolute Gasteiger partial charge is 0.119 e. The Bertz CT molecular complexity index is 590. The first-order valence-electron chi connectivity index (χ1n) is 7.14. The number of hydrogen-bond acceptors (Lipinski definition) is 4. The van der Waals surface area contributed by atoms with Gasteiger partial charge in [0.15, 0.2) is 0 Å². The second-order valence-electron chi connectivity index (χ2n) is 5.28. The van der Waals surface area contributed by atoms with Crippen LogP contribution in [0.4, 0.5) is 0 Å². The molecule has 20 heavy (non-hydrogen) atoms. The summed E-state index contributed by atoms with van der Waals surface area (Å²) in [6.07, 6.45) is 0. The van der Waals surface area contributed by atoms with Crippen molar-refractivity contribution in [2.75, 3.05) is 32.8 Å². The molecule has 0 saturated carbocycles. The molecule has 1 fully saturated rings. The zero-order valence-corrected chi connectivity index (χ0v) is 12.8. The van der Waals surface area contributed by atoms with Gasteiger partial charge in [-0.3, -0.25) is 4.90 Å². The van der Waals surface area contributed by atoms with Crippen LogP contribution in [-0.4, -0.2) is 47.3 Å². The van der Waals surface area contributed by atoms with Crippen molar-refractivity contribution in [1.29, 1.82) is 0 Å². The maximum atomic E-state index is 5.39. The fourth-order valence-electron chi connectivity index (χ4n) is 2.73. The molecule has 4 nitrogen and oxygen atoms in total. The van der Waals surface area contributed by atoms with Crippen LogP contribution in [-0.2, 0) is 17.0 Å². The fourth-order valence-corrected chi connectivity index (χ4v) is 2.97. The van der Waals surface area contributed by atoms with Crippen molar-refractivity contribution >= 4 is 23.7 Å². The first kappa shape index (κ1) is 13.9. The number of aromatic nitrogens is 2. The highest BCUT2D eigenvalue weighted by atomic mass is 32.1. The zero-order chi connectivity index (χ0) is 13.9. The van der Waals surface area contributed by atoms with Crippen LogP contribution in [0, 0.1) is 6.92 Å². The van der Waals surface area contributed by atoms with E-state index in [1.165, 1.54) is 11.1 Å². The number of benzene rings is 1. The maximum Gasteiger partial charge on any atom is 0.119 e. The summed E-state index contributed by atoms with van der Waals surface area (Å²) >= 11 is 4.42. The van der Waals surface area contributed by atoms with Crippen LogP contribution in [0.5, 0.6) is 0 Å². The Morgan fingerprint density at radius 2 is 2.05 bits per heavy atom. The summed E-state index contributed by atoms with van der Waals surface area (Å²) < 4.78 is 7.69. The van der Waals surface area contributed by atoms with Crippen molar-refractivity contribution in [2.45, 2.75) is 19.2 Å². The molecule has 108 valence electrons. The van der Waals surface area contributed by atoms with E-state index in [1.807, 2.05) is 0 Å². The van der Waals surface area contributed by atoms with Gasteiger partial charge in [0.1, 0.15) is 5.82 Å². The lowest BCUT2D eigenvalue weighted by molar-refractivity contribution is 0.0364. The molecular formula is C15H21N3OS. The van der Waals surface area contributed by atoms with Crippen LogP contribution in [0.25, 0.3) is 11.0 Å². The van der Waals surface area contributed by atoms with Gasteiger partial charge in [0.25, 0.3) is 0 Å². The number of rotatable bonds is 4. The van der Waals surface area contributed by atoms with Crippen molar-refractivity contribution in [1.82, 2.24) is 14.5 Å². The molecule has 0 spiro atoms. The molecule has 1 saturated heterocycles. The van der Waals surface area contributed by atoms with Crippen LogP contribution in [0.15, 0.2) is 18.2 Å². The molecular weight excluding hydrogens is 270 g/mol. The predicted molar refractivity (Wildman–Crippen MR) is 84.4 cm³/mol. The summed E-state index contributed by atoms with van der Waals surface area (Å²) in [6.45, 7) is 7.88. The molecule has 0 unspecified atom stereocenters. The third kappa shape index (κ3) is 2.85. The summed E-state index contributed by atoms with van der Waals surface area (Å²) in [5, 5.41) is 0. The monoisotopic (exact) mass is 291 g/mol. The van der Waals surface area contributed by atoms with Gasteiger partial charge in [0.05, 0.1) is 24.2 Å². The zero-order valence-electron chi connectivity index (χ0n) is 11.9. The summed E-state index contributed by atoms with van der Waals surface area (Å²) in [5.74, 6) is 1.74. The van der Waals surface area contributed by atoms with E-state index >= 15 is 0 Å². The molecule has 1 aromatic carbocycles. The van der Waals surface area contributed by atoms with Gasteiger partial charge in [-0.15, -0.1) is 0 Å². The number of thiol groups is 1. The molecule has 0 radical (unpaired) electrons. The maximum absolute atomic E-state index is 5.39. The average molecular weight is 291 g/mol. The molecule has 2 heterocycles. The minimum Gasteiger partial charge on any atom is -0.379 e. The highest BCUT2D eigenvalue weighted by molar-refractivity contribution is 7.79. The lowest BCUT2D eigenvalue weighted by atomic mass is 10.2. The van der Waals surface area contributed by atoms with Crippen molar-refractivity contribution in [3.05, 3.63) is 29.6 Å². The summed E-state index contributed by atoms with van der Waals surface area (Å²) in [5.41, 5.74) is 3.55. The first-order chi connectivity index (χ1) is 9.78. The number of aryl methyl sites for hydroxylation is 1. The Morgan fingerprint density at radius 3 is 2.80 bits per heavy atom. The van der Waals surface area contributed by atoms with Gasteiger partial charge >= 0.3 is 0 Å². The molecule has 0 amide bonds. The Hall–Kier alpha value is -1.04. The molecule has 0 atom stereocenters. The summed E-state index contributed by atoms with van der Waals surface area (Å²) in [4.78, 5) is 7.15. The van der Waals surface area contributed by atoms with Crippen LogP contribution in [0.2, 0.25) is 0 Å². The molecule has 2 aromatic rings. The molecule has 5 heteroatoms. The van der Waals surface area contributed by atoms with Crippen molar-refractivity contribution in [2.24, 2.45) is 0 Å².